The second kappa shape index (κ2) is 7.17. The largest absolute Gasteiger partial charge is 0.396 e. The van der Waals surface area contributed by atoms with Crippen LogP contribution in [0.25, 0.3) is 0 Å². The first-order valence-electron chi connectivity index (χ1n) is 5.92. The van der Waals surface area contributed by atoms with Crippen LogP contribution in [-0.4, -0.2) is 35.6 Å². The summed E-state index contributed by atoms with van der Waals surface area (Å²) in [6.45, 7) is 2.94. The Kier molecular flexibility index (Phi) is 5.87. The smallest absolute Gasteiger partial charge is 0.257 e. The van der Waals surface area contributed by atoms with E-state index in [1.165, 1.54) is 11.5 Å². The van der Waals surface area contributed by atoms with E-state index in [4.69, 9.17) is 10.8 Å². The summed E-state index contributed by atoms with van der Waals surface area (Å²) in [5, 5.41) is 15.3. The zero-order chi connectivity index (χ0) is 13.5. The van der Waals surface area contributed by atoms with Gasteiger partial charge in [0.05, 0.1) is 0 Å². The quantitative estimate of drug-likeness (QED) is 0.553. The summed E-state index contributed by atoms with van der Waals surface area (Å²) in [6.07, 6.45) is 1.86. The van der Waals surface area contributed by atoms with Crippen LogP contribution in [0.3, 0.4) is 0 Å². The Bertz CT molecular complexity index is 394. The molecular weight excluding hydrogens is 252 g/mol. The number of nitrogens with zero attached hydrogens (tertiary/aromatic N) is 1. The zero-order valence-electron chi connectivity index (χ0n) is 10.7. The second-order valence-corrected chi connectivity index (χ2v) is 4.98. The van der Waals surface area contributed by atoms with Crippen LogP contribution in [-0.2, 0) is 0 Å². The number of anilines is 2. The van der Waals surface area contributed by atoms with E-state index in [9.17, 15) is 4.79 Å². The van der Waals surface area contributed by atoms with Crippen molar-refractivity contribution in [3.8, 4) is 0 Å². The van der Waals surface area contributed by atoms with Crippen molar-refractivity contribution in [3.05, 3.63) is 5.56 Å². The lowest BCUT2D eigenvalue weighted by Crippen LogP contribution is -2.20. The summed E-state index contributed by atoms with van der Waals surface area (Å²) in [5.74, 6) is 0.329. The molecule has 0 saturated carbocycles. The van der Waals surface area contributed by atoms with Gasteiger partial charge in [-0.2, -0.15) is 4.37 Å². The van der Waals surface area contributed by atoms with Crippen molar-refractivity contribution in [1.82, 2.24) is 9.69 Å². The maximum absolute atomic E-state index is 11.6. The van der Waals surface area contributed by atoms with Crippen molar-refractivity contribution in [2.24, 2.45) is 5.92 Å². The Labute approximate surface area is 111 Å². The van der Waals surface area contributed by atoms with Gasteiger partial charge in [0.15, 0.2) is 5.82 Å². The number of hydrogen-bond donors (Lipinski definition) is 4. The van der Waals surface area contributed by atoms with Crippen molar-refractivity contribution >= 4 is 28.3 Å². The zero-order valence-corrected chi connectivity index (χ0v) is 11.5. The highest BCUT2D eigenvalue weighted by Crippen LogP contribution is 2.26. The van der Waals surface area contributed by atoms with Crippen molar-refractivity contribution in [1.29, 1.82) is 0 Å². The molecule has 0 aromatic carbocycles. The molecule has 1 rings (SSSR count). The molecule has 6 nitrogen and oxygen atoms in total. The molecule has 0 aliphatic carbocycles. The molecule has 0 bridgehead atoms. The van der Waals surface area contributed by atoms with Crippen molar-refractivity contribution in [2.45, 2.75) is 19.8 Å². The van der Waals surface area contributed by atoms with E-state index in [1.807, 2.05) is 6.92 Å². The normalized spacial score (nSPS) is 12.2. The fraction of sp³-hybridized carbons (Fsp3) is 0.636. The number of nitrogens with one attached hydrogen (secondary N) is 2. The van der Waals surface area contributed by atoms with Crippen molar-refractivity contribution in [3.63, 3.8) is 0 Å². The summed E-state index contributed by atoms with van der Waals surface area (Å²) in [6, 6.07) is 0. The van der Waals surface area contributed by atoms with Gasteiger partial charge in [0.25, 0.3) is 5.91 Å². The first-order valence-corrected chi connectivity index (χ1v) is 6.69. The van der Waals surface area contributed by atoms with E-state index in [0.29, 0.717) is 16.5 Å². The molecule has 1 aromatic rings. The number of amides is 1. The highest BCUT2D eigenvalue weighted by Gasteiger charge is 2.17. The molecule has 1 amide bonds. The Hall–Kier alpha value is -1.34. The summed E-state index contributed by atoms with van der Waals surface area (Å²) in [5.41, 5.74) is 6.07. The maximum Gasteiger partial charge on any atom is 0.257 e. The lowest BCUT2D eigenvalue weighted by molar-refractivity contribution is 0.0965. The van der Waals surface area contributed by atoms with Gasteiger partial charge in [-0.25, -0.2) is 0 Å². The molecule has 102 valence electrons. The van der Waals surface area contributed by atoms with Crippen LogP contribution < -0.4 is 16.4 Å². The molecule has 1 heterocycles. The molecule has 18 heavy (non-hydrogen) atoms. The Morgan fingerprint density at radius 1 is 1.61 bits per heavy atom. The molecule has 7 heteroatoms. The molecule has 1 unspecified atom stereocenters. The van der Waals surface area contributed by atoms with Gasteiger partial charge < -0.3 is 21.5 Å². The minimum atomic E-state index is -0.229. The number of hydrogen-bond acceptors (Lipinski definition) is 6. The van der Waals surface area contributed by atoms with Gasteiger partial charge >= 0.3 is 0 Å². The third kappa shape index (κ3) is 3.85. The molecule has 1 atom stereocenters. The number of aliphatic hydroxyl groups excluding tert-OH is 1. The number of carbonyl (C=O) groups excluding carboxylic acids is 1. The van der Waals surface area contributed by atoms with Gasteiger partial charge in [-0.15, -0.1) is 0 Å². The van der Waals surface area contributed by atoms with Crippen LogP contribution in [0.4, 0.5) is 10.8 Å². The number of nitrogen functional groups attached to an aromatic ring is 1. The summed E-state index contributed by atoms with van der Waals surface area (Å²) in [4.78, 5) is 11.6. The highest BCUT2D eigenvalue weighted by molar-refractivity contribution is 7.11. The average molecular weight is 272 g/mol. The van der Waals surface area contributed by atoms with Crippen LogP contribution in [0.15, 0.2) is 0 Å². The minimum absolute atomic E-state index is 0.205. The number of rotatable bonds is 7. The number of carbonyl (C=O) groups is 1. The topological polar surface area (TPSA) is 100 Å². The standard InChI is InChI=1S/C11H20N4O2S/c1-7(6-16)4-3-5-14-11-8(10(17)13-2)9(12)15-18-11/h7,14,16H,3-6H2,1-2H3,(H2,12,15)(H,13,17). The fourth-order valence-electron chi connectivity index (χ4n) is 1.51. The molecule has 0 aliphatic heterocycles. The minimum Gasteiger partial charge on any atom is -0.396 e. The Morgan fingerprint density at radius 2 is 2.33 bits per heavy atom. The first kappa shape index (κ1) is 14.7. The molecular formula is C11H20N4O2S. The molecule has 0 fully saturated rings. The summed E-state index contributed by atoms with van der Waals surface area (Å²) >= 11 is 1.19. The predicted molar refractivity (Wildman–Crippen MR) is 73.9 cm³/mol. The van der Waals surface area contributed by atoms with Crippen molar-refractivity contribution < 1.29 is 9.90 Å². The first-order chi connectivity index (χ1) is 8.60. The van der Waals surface area contributed by atoms with E-state index < -0.39 is 0 Å². The summed E-state index contributed by atoms with van der Waals surface area (Å²) in [7, 11) is 1.56. The van der Waals surface area contributed by atoms with Crippen LogP contribution in [0, 0.1) is 5.92 Å². The number of nitrogens with two attached hydrogens (primary N) is 1. The van der Waals surface area contributed by atoms with Gasteiger partial charge in [-0.3, -0.25) is 4.79 Å². The lowest BCUT2D eigenvalue weighted by atomic mass is 10.1. The van der Waals surface area contributed by atoms with Gasteiger partial charge in [0, 0.05) is 20.2 Å². The fourth-order valence-corrected chi connectivity index (χ4v) is 2.25. The number of aliphatic hydroxyl groups is 1. The molecule has 0 radical (unpaired) electrons. The maximum atomic E-state index is 11.6. The molecule has 0 saturated heterocycles. The van der Waals surface area contributed by atoms with E-state index in [-0.39, 0.29) is 18.3 Å². The van der Waals surface area contributed by atoms with E-state index in [1.54, 1.807) is 7.05 Å². The average Bonchev–Trinajstić information content (AvgIpc) is 2.74. The van der Waals surface area contributed by atoms with Crippen LogP contribution in [0.2, 0.25) is 0 Å². The Balaban J connectivity index is 2.50. The number of aromatic nitrogens is 1. The molecule has 5 N–H and O–H groups in total. The van der Waals surface area contributed by atoms with Crippen LogP contribution in [0.1, 0.15) is 30.1 Å². The van der Waals surface area contributed by atoms with Crippen LogP contribution in [0.5, 0.6) is 0 Å². The molecule has 1 aromatic heterocycles. The highest BCUT2D eigenvalue weighted by atomic mass is 32.1. The third-order valence-electron chi connectivity index (χ3n) is 2.64. The van der Waals surface area contributed by atoms with E-state index >= 15 is 0 Å². The van der Waals surface area contributed by atoms with E-state index in [2.05, 4.69) is 15.0 Å². The predicted octanol–water partition coefficient (Wildman–Crippen LogP) is 0.905. The summed E-state index contributed by atoms with van der Waals surface area (Å²) < 4.78 is 3.97. The molecule has 0 aliphatic rings. The van der Waals surface area contributed by atoms with Gasteiger partial charge in [-0.05, 0) is 30.3 Å². The van der Waals surface area contributed by atoms with Crippen molar-refractivity contribution in [2.75, 3.05) is 31.2 Å². The lowest BCUT2D eigenvalue weighted by Gasteiger charge is -2.09. The SMILES string of the molecule is CNC(=O)c1c(N)nsc1NCCCC(C)CO. The third-order valence-corrected chi connectivity index (χ3v) is 3.46. The second-order valence-electron chi connectivity index (χ2n) is 4.21. The van der Waals surface area contributed by atoms with E-state index in [0.717, 1.165) is 19.4 Å². The van der Waals surface area contributed by atoms with Gasteiger partial charge in [0.2, 0.25) is 0 Å². The Morgan fingerprint density at radius 3 is 2.94 bits per heavy atom. The van der Waals surface area contributed by atoms with Crippen LogP contribution >= 0.6 is 11.5 Å². The monoisotopic (exact) mass is 272 g/mol. The van der Waals surface area contributed by atoms with Gasteiger partial charge in [0.1, 0.15) is 10.6 Å². The van der Waals surface area contributed by atoms with Gasteiger partial charge in [-0.1, -0.05) is 6.92 Å². The molecule has 0 spiro atoms.